The topological polar surface area (TPSA) is 59.6 Å². The van der Waals surface area contributed by atoms with Gasteiger partial charge in [-0.2, -0.15) is 0 Å². The van der Waals surface area contributed by atoms with Crippen LogP contribution in [0.25, 0.3) is 0 Å². The van der Waals surface area contributed by atoms with Crippen molar-refractivity contribution in [2.24, 2.45) is 0 Å². The quantitative estimate of drug-likeness (QED) is 0.713. The summed E-state index contributed by atoms with van der Waals surface area (Å²) in [5.74, 6) is -0.0110. The molecule has 2 aliphatic rings. The third-order valence-corrected chi connectivity index (χ3v) is 3.50. The summed E-state index contributed by atoms with van der Waals surface area (Å²) in [6, 6.07) is 0. The zero-order valence-electron chi connectivity index (χ0n) is 11.4. The largest absolute Gasteiger partial charge is 0.378 e. The monoisotopic (exact) mass is 292 g/mol. The van der Waals surface area contributed by atoms with Crippen LogP contribution in [-0.2, 0) is 14.3 Å². The third-order valence-electron chi connectivity index (χ3n) is 3.50. The van der Waals surface area contributed by atoms with Gasteiger partial charge in [0.05, 0.1) is 12.7 Å². The molecule has 6 heteroatoms. The molecule has 0 aromatic rings. The molecule has 2 fully saturated rings. The predicted molar refractivity (Wildman–Crippen MR) is 75.7 cm³/mol. The minimum absolute atomic E-state index is 0. The fourth-order valence-electron chi connectivity index (χ4n) is 2.44. The van der Waals surface area contributed by atoms with Crippen molar-refractivity contribution < 1.29 is 14.3 Å². The molecule has 2 N–H and O–H groups in total. The second-order valence-electron chi connectivity index (χ2n) is 4.99. The molecule has 5 nitrogen and oxygen atoms in total. The summed E-state index contributed by atoms with van der Waals surface area (Å²) < 4.78 is 11.1. The van der Waals surface area contributed by atoms with Crippen LogP contribution in [0.1, 0.15) is 32.1 Å². The number of hydrogen-bond donors (Lipinski definition) is 2. The number of hydrogen-bond acceptors (Lipinski definition) is 4. The van der Waals surface area contributed by atoms with E-state index in [1.807, 2.05) is 0 Å². The smallest absolute Gasteiger partial charge is 0.250 e. The Morgan fingerprint density at radius 2 is 2.16 bits per heavy atom. The van der Waals surface area contributed by atoms with E-state index in [0.717, 1.165) is 19.6 Å². The molecule has 1 amide bonds. The van der Waals surface area contributed by atoms with E-state index >= 15 is 0 Å². The van der Waals surface area contributed by atoms with Crippen LogP contribution in [0.5, 0.6) is 0 Å². The number of halogens is 1. The molecule has 0 aromatic heterocycles. The molecule has 19 heavy (non-hydrogen) atoms. The molecule has 1 heterocycles. The minimum atomic E-state index is -0.325. The van der Waals surface area contributed by atoms with Crippen LogP contribution in [0.4, 0.5) is 0 Å². The molecule has 1 aliphatic carbocycles. The molecule has 1 unspecified atom stereocenters. The van der Waals surface area contributed by atoms with E-state index < -0.39 is 0 Å². The molecule has 1 saturated heterocycles. The summed E-state index contributed by atoms with van der Waals surface area (Å²) in [5.41, 5.74) is 0. The van der Waals surface area contributed by atoms with Gasteiger partial charge in [0.15, 0.2) is 0 Å². The molecular formula is C13H25ClN2O3. The van der Waals surface area contributed by atoms with E-state index in [1.54, 1.807) is 0 Å². The number of rotatable bonds is 6. The van der Waals surface area contributed by atoms with E-state index in [4.69, 9.17) is 9.47 Å². The Labute approximate surface area is 121 Å². The van der Waals surface area contributed by atoms with Crippen molar-refractivity contribution in [2.45, 2.75) is 44.3 Å². The standard InChI is InChI=1S/C13H24N2O3.ClH/c16-13(12-10-14-7-9-18-12)15-6-3-8-17-11-4-1-2-5-11;/h11-12,14H,1-10H2,(H,15,16);1H. The molecule has 0 radical (unpaired) electrons. The summed E-state index contributed by atoms with van der Waals surface area (Å²) in [6.45, 7) is 3.48. The molecule has 0 spiro atoms. The fourth-order valence-corrected chi connectivity index (χ4v) is 2.44. The van der Waals surface area contributed by atoms with Gasteiger partial charge in [-0.3, -0.25) is 4.79 Å². The Balaban J connectivity index is 0.00000180. The van der Waals surface area contributed by atoms with Crippen LogP contribution in [0, 0.1) is 0 Å². The molecular weight excluding hydrogens is 268 g/mol. The van der Waals surface area contributed by atoms with Crippen molar-refractivity contribution in [1.82, 2.24) is 10.6 Å². The number of nitrogens with one attached hydrogen (secondary N) is 2. The Bertz CT molecular complexity index is 254. The van der Waals surface area contributed by atoms with Crippen molar-refractivity contribution in [3.05, 3.63) is 0 Å². The molecule has 0 aromatic carbocycles. The SMILES string of the molecule is Cl.O=C(NCCCOC1CCCC1)C1CNCCO1. The Hall–Kier alpha value is -0.360. The zero-order valence-corrected chi connectivity index (χ0v) is 12.2. The first-order valence-electron chi connectivity index (χ1n) is 7.08. The van der Waals surface area contributed by atoms with Crippen LogP contribution in [0.3, 0.4) is 0 Å². The van der Waals surface area contributed by atoms with Gasteiger partial charge in [0.2, 0.25) is 5.91 Å². The lowest BCUT2D eigenvalue weighted by atomic mass is 10.3. The summed E-state index contributed by atoms with van der Waals surface area (Å²) in [7, 11) is 0. The summed E-state index contributed by atoms with van der Waals surface area (Å²) in [4.78, 5) is 11.7. The third kappa shape index (κ3) is 6.08. The molecule has 1 aliphatic heterocycles. The maximum atomic E-state index is 11.7. The highest BCUT2D eigenvalue weighted by molar-refractivity contribution is 5.85. The maximum Gasteiger partial charge on any atom is 0.250 e. The molecule has 112 valence electrons. The summed E-state index contributed by atoms with van der Waals surface area (Å²) in [5, 5.41) is 6.04. The van der Waals surface area contributed by atoms with Gasteiger partial charge in [0.25, 0.3) is 0 Å². The highest BCUT2D eigenvalue weighted by Crippen LogP contribution is 2.20. The lowest BCUT2D eigenvalue weighted by Crippen LogP contribution is -2.48. The van der Waals surface area contributed by atoms with E-state index in [2.05, 4.69) is 10.6 Å². The number of carbonyl (C=O) groups is 1. The Morgan fingerprint density at radius 1 is 1.37 bits per heavy atom. The molecule has 1 saturated carbocycles. The molecule has 1 atom stereocenters. The van der Waals surface area contributed by atoms with Crippen LogP contribution in [0.2, 0.25) is 0 Å². The number of amides is 1. The van der Waals surface area contributed by atoms with Crippen molar-refractivity contribution >= 4 is 18.3 Å². The highest BCUT2D eigenvalue weighted by Gasteiger charge is 2.21. The Morgan fingerprint density at radius 3 is 2.84 bits per heavy atom. The minimum Gasteiger partial charge on any atom is -0.378 e. The van der Waals surface area contributed by atoms with Crippen molar-refractivity contribution in [1.29, 1.82) is 0 Å². The molecule has 2 rings (SSSR count). The average molecular weight is 293 g/mol. The highest BCUT2D eigenvalue weighted by atomic mass is 35.5. The second-order valence-corrected chi connectivity index (χ2v) is 4.99. The van der Waals surface area contributed by atoms with Crippen molar-refractivity contribution in [3.63, 3.8) is 0 Å². The van der Waals surface area contributed by atoms with Gasteiger partial charge in [0.1, 0.15) is 6.10 Å². The first kappa shape index (κ1) is 16.7. The van der Waals surface area contributed by atoms with Gasteiger partial charge < -0.3 is 20.1 Å². The zero-order chi connectivity index (χ0) is 12.6. The van der Waals surface area contributed by atoms with E-state index in [-0.39, 0.29) is 24.4 Å². The Kier molecular flexibility index (Phi) is 8.37. The van der Waals surface area contributed by atoms with Crippen LogP contribution in [0.15, 0.2) is 0 Å². The van der Waals surface area contributed by atoms with Crippen LogP contribution < -0.4 is 10.6 Å². The van der Waals surface area contributed by atoms with Gasteiger partial charge in [-0.05, 0) is 19.3 Å². The van der Waals surface area contributed by atoms with E-state index in [9.17, 15) is 4.79 Å². The lowest BCUT2D eigenvalue weighted by molar-refractivity contribution is -0.134. The fraction of sp³-hybridized carbons (Fsp3) is 0.923. The predicted octanol–water partition coefficient (Wildman–Crippen LogP) is 0.862. The second kappa shape index (κ2) is 9.53. The number of ether oxygens (including phenoxy) is 2. The van der Waals surface area contributed by atoms with Gasteiger partial charge in [-0.25, -0.2) is 0 Å². The van der Waals surface area contributed by atoms with Gasteiger partial charge in [-0.15, -0.1) is 12.4 Å². The van der Waals surface area contributed by atoms with Crippen molar-refractivity contribution in [3.8, 4) is 0 Å². The van der Waals surface area contributed by atoms with Gasteiger partial charge in [0, 0.05) is 26.2 Å². The lowest BCUT2D eigenvalue weighted by Gasteiger charge is -2.22. The van der Waals surface area contributed by atoms with E-state index in [1.165, 1.54) is 25.7 Å². The van der Waals surface area contributed by atoms with Gasteiger partial charge in [-0.1, -0.05) is 12.8 Å². The average Bonchev–Trinajstić information content (AvgIpc) is 2.92. The van der Waals surface area contributed by atoms with Crippen molar-refractivity contribution in [2.75, 3.05) is 32.8 Å². The van der Waals surface area contributed by atoms with Crippen LogP contribution >= 0.6 is 12.4 Å². The van der Waals surface area contributed by atoms with Gasteiger partial charge >= 0.3 is 0 Å². The molecule has 0 bridgehead atoms. The number of morpholine rings is 1. The maximum absolute atomic E-state index is 11.7. The summed E-state index contributed by atoms with van der Waals surface area (Å²) in [6.07, 6.45) is 6.02. The summed E-state index contributed by atoms with van der Waals surface area (Å²) >= 11 is 0. The van der Waals surface area contributed by atoms with Crippen LogP contribution in [-0.4, -0.2) is 51.0 Å². The van der Waals surface area contributed by atoms with E-state index in [0.29, 0.717) is 25.8 Å². The number of carbonyl (C=O) groups excluding carboxylic acids is 1. The normalized spacial score (nSPS) is 23.9. The first-order valence-corrected chi connectivity index (χ1v) is 7.08. The first-order chi connectivity index (χ1) is 8.86.